The van der Waals surface area contributed by atoms with Crippen LogP contribution in [0.4, 0.5) is 31.1 Å². The number of benzene rings is 1. The molecule has 0 unspecified atom stereocenters. The van der Waals surface area contributed by atoms with Crippen LogP contribution in [0.15, 0.2) is 35.3 Å². The zero-order valence-electron chi connectivity index (χ0n) is 9.63. The summed E-state index contributed by atoms with van der Waals surface area (Å²) in [6, 6.07) is 7.71. The quantitative estimate of drug-likeness (QED) is 0.614. The maximum Gasteiger partial charge on any atom is 0.438 e. The second-order valence-electron chi connectivity index (χ2n) is 3.50. The topological polar surface area (TPSA) is 38.7 Å². The lowest BCUT2D eigenvalue weighted by Gasteiger charge is -2.12. The molecular formula is C11H7F6NO2. The van der Waals surface area contributed by atoms with E-state index in [0.29, 0.717) is 5.56 Å². The number of amides is 1. The van der Waals surface area contributed by atoms with Gasteiger partial charge in [-0.15, -0.1) is 0 Å². The van der Waals surface area contributed by atoms with Crippen LogP contribution in [-0.4, -0.2) is 24.2 Å². The highest BCUT2D eigenvalue weighted by Crippen LogP contribution is 2.30. The number of alkyl halides is 6. The molecule has 0 saturated carbocycles. The number of halogens is 6. The van der Waals surface area contributed by atoms with Crippen molar-refractivity contribution >= 4 is 11.8 Å². The average Bonchev–Trinajstić information content (AvgIpc) is 2.32. The van der Waals surface area contributed by atoms with Gasteiger partial charge in [-0.25, -0.2) is 4.79 Å². The third kappa shape index (κ3) is 4.90. The van der Waals surface area contributed by atoms with Crippen LogP contribution in [0.1, 0.15) is 5.56 Å². The Balaban J connectivity index is 2.78. The number of nitrogens with zero attached hydrogens (tertiary/aromatic N) is 1. The highest BCUT2D eigenvalue weighted by Gasteiger charge is 2.53. The van der Waals surface area contributed by atoms with Crippen LogP contribution in [0.5, 0.6) is 0 Å². The van der Waals surface area contributed by atoms with Gasteiger partial charge < -0.3 is 4.74 Å². The molecule has 0 bridgehead atoms. The van der Waals surface area contributed by atoms with Gasteiger partial charge in [0.15, 0.2) is 0 Å². The van der Waals surface area contributed by atoms with E-state index in [1.54, 1.807) is 18.2 Å². The Morgan fingerprint density at radius 1 is 1.00 bits per heavy atom. The van der Waals surface area contributed by atoms with Gasteiger partial charge in [-0.1, -0.05) is 30.3 Å². The second kappa shape index (κ2) is 5.93. The van der Waals surface area contributed by atoms with E-state index in [-0.39, 0.29) is 0 Å². The summed E-state index contributed by atoms with van der Waals surface area (Å²) in [6.07, 6.45) is -13.5. The van der Waals surface area contributed by atoms with Crippen LogP contribution in [-0.2, 0) is 11.3 Å². The van der Waals surface area contributed by atoms with Crippen molar-refractivity contribution in [3.8, 4) is 0 Å². The predicted molar refractivity (Wildman–Crippen MR) is 56.2 cm³/mol. The number of hydrogen-bond acceptors (Lipinski definition) is 2. The van der Waals surface area contributed by atoms with Crippen molar-refractivity contribution in [2.75, 3.05) is 0 Å². The van der Waals surface area contributed by atoms with Gasteiger partial charge in [0.05, 0.1) is 0 Å². The Labute approximate surface area is 108 Å². The molecule has 0 saturated heterocycles. The third-order valence-corrected chi connectivity index (χ3v) is 1.95. The molecule has 0 spiro atoms. The first kappa shape index (κ1) is 16.0. The lowest BCUT2D eigenvalue weighted by atomic mass is 10.2. The molecule has 3 nitrogen and oxygen atoms in total. The third-order valence-electron chi connectivity index (χ3n) is 1.95. The standard InChI is InChI=1S/C11H7F6NO2/c12-10(13,14)8(11(15,16)17)18-9(19)20-6-7-4-2-1-3-5-7/h1-5H,6H2. The van der Waals surface area contributed by atoms with E-state index < -0.39 is 30.8 Å². The van der Waals surface area contributed by atoms with E-state index in [2.05, 4.69) is 4.74 Å². The Hall–Kier alpha value is -2.06. The molecule has 9 heteroatoms. The summed E-state index contributed by atoms with van der Waals surface area (Å²) in [5, 5.41) is 0. The van der Waals surface area contributed by atoms with Crippen LogP contribution in [0.3, 0.4) is 0 Å². The Morgan fingerprint density at radius 3 is 1.95 bits per heavy atom. The Bertz CT molecular complexity index is 476. The molecule has 0 atom stereocenters. The summed E-state index contributed by atoms with van der Waals surface area (Å²) in [7, 11) is 0. The molecule has 0 radical (unpaired) electrons. The van der Waals surface area contributed by atoms with Crippen LogP contribution in [0.2, 0.25) is 0 Å². The molecule has 0 fully saturated rings. The van der Waals surface area contributed by atoms with Crippen LogP contribution in [0.25, 0.3) is 0 Å². The largest absolute Gasteiger partial charge is 0.443 e. The number of carbonyl (C=O) groups excluding carboxylic acids is 1. The fourth-order valence-corrected chi connectivity index (χ4v) is 1.13. The predicted octanol–water partition coefficient (Wildman–Crippen LogP) is 3.89. The lowest BCUT2D eigenvalue weighted by molar-refractivity contribution is -0.118. The zero-order valence-corrected chi connectivity index (χ0v) is 9.63. The van der Waals surface area contributed by atoms with Crippen molar-refractivity contribution in [3.05, 3.63) is 35.9 Å². The molecule has 0 aliphatic rings. The molecule has 1 aromatic rings. The molecule has 0 heterocycles. The normalized spacial score (nSPS) is 11.9. The summed E-state index contributed by atoms with van der Waals surface area (Å²) in [4.78, 5) is 12.9. The monoisotopic (exact) mass is 299 g/mol. The van der Waals surface area contributed by atoms with Crippen molar-refractivity contribution in [1.29, 1.82) is 0 Å². The molecule has 1 amide bonds. The average molecular weight is 299 g/mol. The van der Waals surface area contributed by atoms with Crippen molar-refractivity contribution in [3.63, 3.8) is 0 Å². The molecular weight excluding hydrogens is 292 g/mol. The minimum Gasteiger partial charge on any atom is -0.443 e. The molecule has 0 aliphatic heterocycles. The van der Waals surface area contributed by atoms with Crippen LogP contribution in [0, 0.1) is 0 Å². The summed E-state index contributed by atoms with van der Waals surface area (Å²) >= 11 is 0. The highest BCUT2D eigenvalue weighted by atomic mass is 19.4. The minimum atomic E-state index is -5.79. The van der Waals surface area contributed by atoms with Crippen molar-refractivity contribution in [1.82, 2.24) is 0 Å². The van der Waals surface area contributed by atoms with E-state index in [1.807, 2.05) is 4.99 Å². The Kier molecular flexibility index (Phi) is 4.74. The SMILES string of the molecule is O=C(N=C(C(F)(F)F)C(F)(F)F)OCc1ccccc1. The van der Waals surface area contributed by atoms with E-state index in [1.165, 1.54) is 12.1 Å². The second-order valence-corrected chi connectivity index (χ2v) is 3.50. The van der Waals surface area contributed by atoms with Crippen LogP contribution < -0.4 is 0 Å². The van der Waals surface area contributed by atoms with Gasteiger partial charge in [-0.05, 0) is 5.56 Å². The maximum absolute atomic E-state index is 12.1. The number of hydrogen-bond donors (Lipinski definition) is 0. The Morgan fingerprint density at radius 2 is 1.50 bits per heavy atom. The number of rotatable bonds is 2. The smallest absolute Gasteiger partial charge is 0.438 e. The van der Waals surface area contributed by atoms with E-state index >= 15 is 0 Å². The number of carbonyl (C=O) groups is 1. The van der Waals surface area contributed by atoms with Crippen molar-refractivity contribution < 1.29 is 35.9 Å². The summed E-state index contributed by atoms with van der Waals surface area (Å²) in [5.41, 5.74) is -2.75. The van der Waals surface area contributed by atoms with E-state index in [9.17, 15) is 31.1 Å². The summed E-state index contributed by atoms with van der Waals surface area (Å²) in [6.45, 7) is -0.480. The van der Waals surface area contributed by atoms with E-state index in [0.717, 1.165) is 0 Å². The molecule has 20 heavy (non-hydrogen) atoms. The van der Waals surface area contributed by atoms with Gasteiger partial charge in [0.1, 0.15) is 6.61 Å². The van der Waals surface area contributed by atoms with Gasteiger partial charge in [-0.2, -0.15) is 31.3 Å². The highest BCUT2D eigenvalue weighted by molar-refractivity contribution is 6.00. The summed E-state index contributed by atoms with van der Waals surface area (Å²) in [5.74, 6) is 0. The fraction of sp³-hybridized carbons (Fsp3) is 0.273. The first-order valence-electron chi connectivity index (χ1n) is 5.04. The van der Waals surface area contributed by atoms with E-state index in [4.69, 9.17) is 0 Å². The van der Waals surface area contributed by atoms with Gasteiger partial charge in [0.2, 0.25) is 5.71 Å². The first-order valence-corrected chi connectivity index (χ1v) is 5.04. The zero-order chi connectivity index (χ0) is 15.4. The van der Waals surface area contributed by atoms with Gasteiger partial charge in [-0.3, -0.25) is 0 Å². The number of aliphatic imine (C=N–C) groups is 1. The van der Waals surface area contributed by atoms with Crippen molar-refractivity contribution in [2.24, 2.45) is 4.99 Å². The molecule has 1 rings (SSSR count). The van der Waals surface area contributed by atoms with Gasteiger partial charge in [0.25, 0.3) is 0 Å². The molecule has 1 aromatic carbocycles. The minimum absolute atomic E-state index is 0.400. The summed E-state index contributed by atoms with van der Waals surface area (Å²) < 4.78 is 76.7. The molecule has 0 aliphatic carbocycles. The molecule has 0 aromatic heterocycles. The van der Waals surface area contributed by atoms with Gasteiger partial charge >= 0.3 is 18.4 Å². The molecule has 110 valence electrons. The van der Waals surface area contributed by atoms with Crippen LogP contribution >= 0.6 is 0 Å². The lowest BCUT2D eigenvalue weighted by Crippen LogP contribution is -2.37. The fourth-order valence-electron chi connectivity index (χ4n) is 1.13. The molecule has 0 N–H and O–H groups in total. The first-order chi connectivity index (χ1) is 9.10. The van der Waals surface area contributed by atoms with Gasteiger partial charge in [0, 0.05) is 0 Å². The number of ether oxygens (including phenoxy) is 1. The van der Waals surface area contributed by atoms with Crippen molar-refractivity contribution in [2.45, 2.75) is 19.0 Å². The maximum atomic E-state index is 12.1.